The van der Waals surface area contributed by atoms with Crippen LogP contribution >= 0.6 is 0 Å². The van der Waals surface area contributed by atoms with Crippen molar-refractivity contribution in [3.8, 4) is 74.7 Å². The van der Waals surface area contributed by atoms with E-state index in [0.717, 1.165) is 0 Å². The lowest BCUT2D eigenvalue weighted by Crippen LogP contribution is -2.28. The Morgan fingerprint density at radius 2 is 0.538 bits per heavy atom. The Labute approximate surface area is 618 Å². The first-order valence-electron chi connectivity index (χ1n) is 35.5. The first kappa shape index (κ1) is 94.6. The summed E-state index contributed by atoms with van der Waals surface area (Å²) in [4.78, 5) is 49.3. The number of carbonyl (C=O) groups is 4. The van der Waals surface area contributed by atoms with E-state index in [2.05, 4.69) is 0 Å². The van der Waals surface area contributed by atoms with E-state index in [1.807, 2.05) is 118 Å². The van der Waals surface area contributed by atoms with Crippen molar-refractivity contribution in [3.63, 3.8) is 0 Å². The SMILES string of the molecule is CCC(C)(C)C(=O)Oc1ccc(OC(C)OC)c(OC(C)OC)c1.CCC(C)(C)C(=O)Oc1ccc(OCOC)c(OCOC)c1.CCOC(C)Oc1cc(OC(=O)C(C)(C)CC)cc(OC(C)OCC)c1OC(C)OCC.CCOC(C)Oc1ccc(OC(=O)C(C)(C)CC)cc1OC(C)OCC. The van der Waals surface area contributed by atoms with Crippen molar-refractivity contribution in [2.24, 2.45) is 21.7 Å². The molecule has 7 atom stereocenters. The number of hydrogen-bond acceptors (Lipinski definition) is 26. The monoisotopic (exact) mass is 1480 g/mol. The largest absolute Gasteiger partial charge is 0.464 e. The second kappa shape index (κ2) is 48.7. The van der Waals surface area contributed by atoms with Gasteiger partial charge in [0.1, 0.15) is 23.0 Å². The van der Waals surface area contributed by atoms with Gasteiger partial charge >= 0.3 is 23.9 Å². The molecule has 0 bridgehead atoms. The summed E-state index contributed by atoms with van der Waals surface area (Å²) in [5, 5.41) is 0. The van der Waals surface area contributed by atoms with Crippen LogP contribution in [-0.2, 0) is 61.8 Å². The summed E-state index contributed by atoms with van der Waals surface area (Å²) in [6, 6.07) is 18.0. The average Bonchev–Trinajstić information content (AvgIpc) is 0.810. The molecule has 104 heavy (non-hydrogen) atoms. The summed E-state index contributed by atoms with van der Waals surface area (Å²) in [7, 11) is 6.13. The Hall–Kier alpha value is -7.40. The molecule has 4 aromatic rings. The molecule has 0 N–H and O–H groups in total. The van der Waals surface area contributed by atoms with Crippen LogP contribution in [0, 0.1) is 21.7 Å². The summed E-state index contributed by atoms with van der Waals surface area (Å²) < 4.78 is 121. The summed E-state index contributed by atoms with van der Waals surface area (Å²) in [6.45, 7) is 46.9. The van der Waals surface area contributed by atoms with E-state index in [1.54, 1.807) is 122 Å². The van der Waals surface area contributed by atoms with Crippen molar-refractivity contribution in [2.45, 2.75) is 236 Å². The fourth-order valence-corrected chi connectivity index (χ4v) is 7.65. The maximum Gasteiger partial charge on any atom is 0.316 e. The van der Waals surface area contributed by atoms with E-state index in [-0.39, 0.29) is 43.2 Å². The van der Waals surface area contributed by atoms with Gasteiger partial charge in [0.2, 0.25) is 5.75 Å². The number of rotatable bonds is 44. The maximum atomic E-state index is 12.7. The molecule has 26 nitrogen and oxygen atoms in total. The summed E-state index contributed by atoms with van der Waals surface area (Å²) >= 11 is 0. The number of ether oxygens (including phenoxy) is 22. The van der Waals surface area contributed by atoms with Crippen molar-refractivity contribution in [1.29, 1.82) is 0 Å². The zero-order chi connectivity index (χ0) is 79.0. The molecule has 0 aliphatic carbocycles. The fourth-order valence-electron chi connectivity index (χ4n) is 7.65. The van der Waals surface area contributed by atoms with Crippen molar-refractivity contribution in [2.75, 3.05) is 75.1 Å². The molecule has 7 unspecified atom stereocenters. The van der Waals surface area contributed by atoms with Gasteiger partial charge in [-0.05, 0) is 201 Å². The topological polar surface area (TPSA) is 271 Å². The zero-order valence-corrected chi connectivity index (χ0v) is 67.3. The van der Waals surface area contributed by atoms with Crippen molar-refractivity contribution in [3.05, 3.63) is 66.7 Å². The Balaban J connectivity index is 0.000000700. The van der Waals surface area contributed by atoms with Gasteiger partial charge in [-0.2, -0.15) is 0 Å². The van der Waals surface area contributed by atoms with Crippen LogP contribution in [-0.4, -0.2) is 143 Å². The van der Waals surface area contributed by atoms with Gasteiger partial charge in [0, 0.05) is 91.8 Å². The molecule has 0 spiro atoms. The lowest BCUT2D eigenvalue weighted by molar-refractivity contribution is -0.145. The molecule has 0 amide bonds. The standard InChI is InChI=1S/C24H40O8.C20H32O6.C18H28O6.C16H24O6/c1-10-24(8,9)23(25)32-19-14-20(29-16(5)26-11-2)22(31-18(7)28-13-4)21(15-19)30-17(6)27-12-3;1-8-20(6,7)19(21)26-16-11-12-17(24-14(4)22-9-2)18(13-16)25-15(5)23-10-3;1-8-18(4,5)17(19)24-14-9-10-15(22-12(2)20-6)16(11-14)23-13(3)21-7;1-6-16(2,3)15(17)22-12-7-8-13(20-10-18-4)14(9-12)21-11-19-5/h14-18H,10-13H2,1-9H3;11-15H,8-10H2,1-7H3;9-13H,8H2,1-7H3;7-9H,6,10-11H2,1-5H3. The highest BCUT2D eigenvalue weighted by atomic mass is 16.7. The van der Waals surface area contributed by atoms with Gasteiger partial charge in [-0.15, -0.1) is 0 Å². The van der Waals surface area contributed by atoms with Crippen LogP contribution in [0.3, 0.4) is 0 Å². The first-order chi connectivity index (χ1) is 49.0. The second-order valence-corrected chi connectivity index (χ2v) is 25.7. The van der Waals surface area contributed by atoms with Crippen LogP contribution < -0.4 is 61.6 Å². The van der Waals surface area contributed by atoms with Crippen molar-refractivity contribution in [1.82, 2.24) is 0 Å². The molecule has 0 radical (unpaired) electrons. The summed E-state index contributed by atoms with van der Waals surface area (Å²) in [5.74, 6) is 3.81. The maximum absolute atomic E-state index is 12.7. The average molecular weight is 1480 g/mol. The molecule has 4 rings (SSSR count). The van der Waals surface area contributed by atoms with Crippen LogP contribution in [0.15, 0.2) is 66.7 Å². The van der Waals surface area contributed by atoms with Gasteiger partial charge in [0.15, 0.2) is 104 Å². The predicted octanol–water partition coefficient (Wildman–Crippen LogP) is 16.6. The third-order valence-electron chi connectivity index (χ3n) is 15.7. The predicted molar refractivity (Wildman–Crippen MR) is 392 cm³/mol. The third-order valence-corrected chi connectivity index (χ3v) is 15.7. The lowest BCUT2D eigenvalue weighted by Gasteiger charge is -2.25. The molecule has 0 saturated carbocycles. The Kier molecular flexibility index (Phi) is 44.3. The fraction of sp³-hybridized carbons (Fsp3) is 0.641. The molecular formula is C78H124O26. The normalized spacial score (nSPS) is 13.5. The van der Waals surface area contributed by atoms with Crippen LogP contribution in [0.4, 0.5) is 0 Å². The molecule has 0 saturated heterocycles. The number of esters is 4. The highest BCUT2D eigenvalue weighted by Gasteiger charge is 2.33. The minimum absolute atomic E-state index is 0.0567. The minimum Gasteiger partial charge on any atom is -0.464 e. The lowest BCUT2D eigenvalue weighted by atomic mass is 9.91. The minimum atomic E-state index is -0.641. The highest BCUT2D eigenvalue weighted by molar-refractivity contribution is 5.80. The molecule has 0 aliphatic rings. The summed E-state index contributed by atoms with van der Waals surface area (Å²) in [6.07, 6.45) is -0.850. The van der Waals surface area contributed by atoms with E-state index in [1.165, 1.54) is 21.3 Å². The molecular weight excluding hydrogens is 1350 g/mol. The molecule has 592 valence electrons. The van der Waals surface area contributed by atoms with Crippen molar-refractivity contribution >= 4 is 23.9 Å². The Morgan fingerprint density at radius 1 is 0.298 bits per heavy atom. The van der Waals surface area contributed by atoms with Crippen LogP contribution in [0.2, 0.25) is 0 Å². The smallest absolute Gasteiger partial charge is 0.316 e. The Morgan fingerprint density at radius 3 is 0.837 bits per heavy atom. The molecule has 0 aliphatic heterocycles. The van der Waals surface area contributed by atoms with Crippen LogP contribution in [0.1, 0.15) is 192 Å². The van der Waals surface area contributed by atoms with E-state index < -0.39 is 65.7 Å². The molecule has 0 aromatic heterocycles. The number of hydrogen-bond donors (Lipinski definition) is 0. The summed E-state index contributed by atoms with van der Waals surface area (Å²) in [5.41, 5.74) is -2.30. The van der Waals surface area contributed by atoms with Crippen LogP contribution in [0.5, 0.6) is 74.7 Å². The van der Waals surface area contributed by atoms with Gasteiger partial charge < -0.3 is 104 Å². The van der Waals surface area contributed by atoms with Gasteiger partial charge in [0.05, 0.1) is 21.7 Å². The molecule has 26 heteroatoms. The Bertz CT molecular complexity index is 3070. The van der Waals surface area contributed by atoms with Gasteiger partial charge in [-0.25, -0.2) is 0 Å². The number of carbonyl (C=O) groups excluding carboxylic acids is 4. The number of benzene rings is 4. The van der Waals surface area contributed by atoms with E-state index in [9.17, 15) is 19.2 Å². The quantitative estimate of drug-likeness (QED) is 0.0226. The van der Waals surface area contributed by atoms with Crippen LogP contribution in [0.25, 0.3) is 0 Å². The van der Waals surface area contributed by atoms with E-state index in [0.29, 0.717) is 128 Å². The highest BCUT2D eigenvalue weighted by Crippen LogP contribution is 2.45. The van der Waals surface area contributed by atoms with E-state index >= 15 is 0 Å². The van der Waals surface area contributed by atoms with Gasteiger partial charge in [-0.3, -0.25) is 19.2 Å². The molecule has 4 aromatic carbocycles. The van der Waals surface area contributed by atoms with E-state index in [4.69, 9.17) is 104 Å². The van der Waals surface area contributed by atoms with Gasteiger partial charge in [-0.1, -0.05) is 27.7 Å². The molecule has 0 fully saturated rings. The van der Waals surface area contributed by atoms with Gasteiger partial charge in [0.25, 0.3) is 0 Å². The first-order valence-corrected chi connectivity index (χ1v) is 35.5. The third kappa shape index (κ3) is 34.7. The zero-order valence-electron chi connectivity index (χ0n) is 67.3. The van der Waals surface area contributed by atoms with Crippen molar-refractivity contribution < 1.29 is 123 Å². The molecule has 0 heterocycles. The second-order valence-electron chi connectivity index (χ2n) is 25.7. The number of methoxy groups -OCH3 is 4.